The van der Waals surface area contributed by atoms with E-state index in [1.165, 1.54) is 12.1 Å². The Kier molecular flexibility index (Phi) is 3.69. The molecular formula is C18H16FN3OS. The van der Waals surface area contributed by atoms with E-state index in [2.05, 4.69) is 10.2 Å². The molecule has 4 rings (SSSR count). The average molecular weight is 341 g/mol. The minimum Gasteiger partial charge on any atom is -0.326 e. The molecular weight excluding hydrogens is 325 g/mol. The fourth-order valence-electron chi connectivity index (χ4n) is 3.26. The number of rotatable bonds is 4. The van der Waals surface area contributed by atoms with Crippen LogP contribution in [0.1, 0.15) is 41.0 Å². The van der Waals surface area contributed by atoms with E-state index in [1.807, 2.05) is 29.3 Å². The van der Waals surface area contributed by atoms with Gasteiger partial charge in [0.25, 0.3) is 5.91 Å². The number of aromatic amines is 1. The first kappa shape index (κ1) is 15.1. The van der Waals surface area contributed by atoms with Crippen LogP contribution in [-0.4, -0.2) is 27.5 Å². The van der Waals surface area contributed by atoms with Crippen molar-refractivity contribution in [2.45, 2.75) is 19.4 Å². The molecule has 0 saturated heterocycles. The molecule has 3 aromatic rings. The summed E-state index contributed by atoms with van der Waals surface area (Å²) in [5, 5.41) is 9.29. The second-order valence-electron chi connectivity index (χ2n) is 5.79. The van der Waals surface area contributed by atoms with Gasteiger partial charge in [0.2, 0.25) is 0 Å². The summed E-state index contributed by atoms with van der Waals surface area (Å²) in [7, 11) is 0. The summed E-state index contributed by atoms with van der Waals surface area (Å²) in [6, 6.07) is 10.1. The SMILES string of the molecule is CCCN1C(=O)c2n[nH]c(-c3cccs3)c2C1c1ccc(F)cc1. The van der Waals surface area contributed by atoms with Crippen molar-refractivity contribution in [3.8, 4) is 10.6 Å². The van der Waals surface area contributed by atoms with Crippen molar-refractivity contribution >= 4 is 17.2 Å². The van der Waals surface area contributed by atoms with Crippen molar-refractivity contribution in [3.05, 3.63) is 64.4 Å². The molecule has 0 aliphatic carbocycles. The average Bonchev–Trinajstić information content (AvgIpc) is 3.28. The van der Waals surface area contributed by atoms with Crippen LogP contribution in [0.2, 0.25) is 0 Å². The van der Waals surface area contributed by atoms with E-state index in [0.717, 1.165) is 28.1 Å². The summed E-state index contributed by atoms with van der Waals surface area (Å²) in [5.74, 6) is -0.351. The summed E-state index contributed by atoms with van der Waals surface area (Å²) in [6.07, 6.45) is 0.853. The van der Waals surface area contributed by atoms with Crippen LogP contribution in [-0.2, 0) is 0 Å². The van der Waals surface area contributed by atoms with Crippen molar-refractivity contribution in [2.24, 2.45) is 0 Å². The Bertz CT molecular complexity index is 870. The van der Waals surface area contributed by atoms with E-state index in [-0.39, 0.29) is 17.8 Å². The third-order valence-electron chi connectivity index (χ3n) is 4.27. The smallest absolute Gasteiger partial charge is 0.275 e. The highest BCUT2D eigenvalue weighted by Crippen LogP contribution is 2.43. The van der Waals surface area contributed by atoms with Crippen LogP contribution in [0.15, 0.2) is 41.8 Å². The van der Waals surface area contributed by atoms with Gasteiger partial charge in [-0.2, -0.15) is 5.10 Å². The maximum Gasteiger partial charge on any atom is 0.275 e. The number of hydrogen-bond donors (Lipinski definition) is 1. The van der Waals surface area contributed by atoms with Crippen molar-refractivity contribution in [3.63, 3.8) is 0 Å². The molecule has 0 fully saturated rings. The van der Waals surface area contributed by atoms with E-state index in [4.69, 9.17) is 0 Å². The number of nitrogens with one attached hydrogen (secondary N) is 1. The van der Waals surface area contributed by atoms with Gasteiger partial charge in [0, 0.05) is 12.1 Å². The molecule has 0 saturated carbocycles. The number of carbonyl (C=O) groups is 1. The summed E-state index contributed by atoms with van der Waals surface area (Å²) in [5.41, 5.74) is 3.14. The van der Waals surface area contributed by atoms with E-state index in [1.54, 1.807) is 23.5 Å². The topological polar surface area (TPSA) is 49.0 Å². The number of H-pyrrole nitrogens is 1. The lowest BCUT2D eigenvalue weighted by Gasteiger charge is -2.25. The third-order valence-corrected chi connectivity index (χ3v) is 5.16. The Morgan fingerprint density at radius 2 is 2.08 bits per heavy atom. The number of carbonyl (C=O) groups excluding carboxylic acids is 1. The number of amides is 1. The van der Waals surface area contributed by atoms with E-state index in [9.17, 15) is 9.18 Å². The lowest BCUT2D eigenvalue weighted by atomic mass is 9.98. The number of thiophene rings is 1. The molecule has 1 unspecified atom stereocenters. The van der Waals surface area contributed by atoms with Gasteiger partial charge in [-0.25, -0.2) is 4.39 Å². The Morgan fingerprint density at radius 3 is 2.75 bits per heavy atom. The predicted octanol–water partition coefficient (Wildman–Crippen LogP) is 4.23. The second kappa shape index (κ2) is 5.87. The highest BCUT2D eigenvalue weighted by atomic mass is 32.1. The Morgan fingerprint density at radius 1 is 1.29 bits per heavy atom. The van der Waals surface area contributed by atoms with Crippen molar-refractivity contribution in [1.29, 1.82) is 0 Å². The van der Waals surface area contributed by atoms with Crippen molar-refractivity contribution < 1.29 is 9.18 Å². The van der Waals surface area contributed by atoms with Crippen molar-refractivity contribution in [1.82, 2.24) is 15.1 Å². The molecule has 6 heteroatoms. The van der Waals surface area contributed by atoms with Gasteiger partial charge in [-0.1, -0.05) is 25.1 Å². The first-order chi connectivity index (χ1) is 11.7. The van der Waals surface area contributed by atoms with Gasteiger partial charge in [-0.05, 0) is 35.6 Å². The second-order valence-corrected chi connectivity index (χ2v) is 6.74. The molecule has 1 N–H and O–H groups in total. The van der Waals surface area contributed by atoms with E-state index in [0.29, 0.717) is 12.2 Å². The van der Waals surface area contributed by atoms with Crippen LogP contribution >= 0.6 is 11.3 Å². The molecule has 1 atom stereocenters. The zero-order valence-electron chi connectivity index (χ0n) is 13.1. The molecule has 0 spiro atoms. The highest BCUT2D eigenvalue weighted by molar-refractivity contribution is 7.13. The standard InChI is InChI=1S/C18H16FN3OS/c1-2-9-22-17(11-5-7-12(19)8-6-11)14-15(13-4-3-10-24-13)20-21-16(14)18(22)23/h3-8,10,17H,2,9H2,1H3,(H,20,21). The molecule has 1 aliphatic rings. The third kappa shape index (κ3) is 2.26. The summed E-state index contributed by atoms with van der Waals surface area (Å²) in [6.45, 7) is 2.68. The Labute approximate surface area is 142 Å². The normalized spacial score (nSPS) is 16.7. The molecule has 3 heterocycles. The van der Waals surface area contributed by atoms with Crippen LogP contribution < -0.4 is 0 Å². The zero-order chi connectivity index (χ0) is 16.7. The molecule has 4 nitrogen and oxygen atoms in total. The first-order valence-corrected chi connectivity index (χ1v) is 8.77. The van der Waals surface area contributed by atoms with Gasteiger partial charge in [0.15, 0.2) is 5.69 Å². The summed E-state index contributed by atoms with van der Waals surface area (Å²) in [4.78, 5) is 15.7. The molecule has 1 aromatic carbocycles. The summed E-state index contributed by atoms with van der Waals surface area (Å²) < 4.78 is 13.3. The molecule has 2 aromatic heterocycles. The van der Waals surface area contributed by atoms with Crippen LogP contribution in [0.4, 0.5) is 4.39 Å². The van der Waals surface area contributed by atoms with Gasteiger partial charge in [-0.3, -0.25) is 9.89 Å². The van der Waals surface area contributed by atoms with E-state index < -0.39 is 0 Å². The van der Waals surface area contributed by atoms with Crippen LogP contribution in [0.25, 0.3) is 10.6 Å². The molecule has 24 heavy (non-hydrogen) atoms. The first-order valence-electron chi connectivity index (χ1n) is 7.89. The number of benzene rings is 1. The molecule has 0 bridgehead atoms. The van der Waals surface area contributed by atoms with Gasteiger partial charge in [-0.15, -0.1) is 11.3 Å². The van der Waals surface area contributed by atoms with Gasteiger partial charge in [0.1, 0.15) is 5.82 Å². The number of hydrogen-bond acceptors (Lipinski definition) is 3. The van der Waals surface area contributed by atoms with Crippen LogP contribution in [0.5, 0.6) is 0 Å². The monoisotopic (exact) mass is 341 g/mol. The fraction of sp³-hybridized carbons (Fsp3) is 0.222. The number of halogens is 1. The Hall–Kier alpha value is -2.47. The van der Waals surface area contributed by atoms with Crippen molar-refractivity contribution in [2.75, 3.05) is 6.54 Å². The number of fused-ring (bicyclic) bond motifs is 1. The van der Waals surface area contributed by atoms with Crippen LogP contribution in [0, 0.1) is 5.82 Å². The number of aromatic nitrogens is 2. The number of nitrogens with zero attached hydrogens (tertiary/aromatic N) is 2. The summed E-state index contributed by atoms with van der Waals surface area (Å²) >= 11 is 1.60. The minimum atomic E-state index is -0.281. The molecule has 0 radical (unpaired) electrons. The highest BCUT2D eigenvalue weighted by Gasteiger charge is 2.42. The largest absolute Gasteiger partial charge is 0.326 e. The lowest BCUT2D eigenvalue weighted by molar-refractivity contribution is 0.0744. The van der Waals surface area contributed by atoms with Gasteiger partial charge >= 0.3 is 0 Å². The van der Waals surface area contributed by atoms with Gasteiger partial charge < -0.3 is 4.90 Å². The maximum atomic E-state index is 13.3. The molecule has 1 amide bonds. The van der Waals surface area contributed by atoms with Gasteiger partial charge in [0.05, 0.1) is 16.6 Å². The molecule has 1 aliphatic heterocycles. The van der Waals surface area contributed by atoms with E-state index >= 15 is 0 Å². The zero-order valence-corrected chi connectivity index (χ0v) is 13.9. The molecule has 122 valence electrons. The lowest BCUT2D eigenvalue weighted by Crippen LogP contribution is -2.30. The maximum absolute atomic E-state index is 13.3. The predicted molar refractivity (Wildman–Crippen MR) is 91.5 cm³/mol. The fourth-order valence-corrected chi connectivity index (χ4v) is 4.00. The quantitative estimate of drug-likeness (QED) is 0.772. The minimum absolute atomic E-state index is 0.0692. The Balaban J connectivity index is 1.89. The van der Waals surface area contributed by atoms with Crippen LogP contribution in [0.3, 0.4) is 0 Å².